The quantitative estimate of drug-likeness (QED) is 0.668. The molecule has 2 heterocycles. The van der Waals surface area contributed by atoms with Gasteiger partial charge in [0.1, 0.15) is 0 Å². The van der Waals surface area contributed by atoms with Crippen LogP contribution in [0.1, 0.15) is 27.6 Å². The van der Waals surface area contributed by atoms with Gasteiger partial charge in [-0.15, -0.1) is 0 Å². The predicted octanol–water partition coefficient (Wildman–Crippen LogP) is 0.386. The number of sulfonamides is 1. The van der Waals surface area contributed by atoms with Crippen LogP contribution in [-0.4, -0.2) is 85.5 Å². The molecule has 3 amide bonds. The number of hydrogen-bond donors (Lipinski definition) is 0. The van der Waals surface area contributed by atoms with E-state index >= 15 is 0 Å². The molecule has 0 N–H and O–H groups in total. The normalized spacial score (nSPS) is 18.0. The first-order valence-electron chi connectivity index (χ1n) is 8.70. The van der Waals surface area contributed by atoms with Gasteiger partial charge in [0, 0.05) is 32.7 Å². The van der Waals surface area contributed by atoms with Gasteiger partial charge in [0.05, 0.1) is 23.5 Å². The van der Waals surface area contributed by atoms with Gasteiger partial charge in [-0.05, 0) is 19.1 Å². The maximum atomic E-state index is 12.6. The van der Waals surface area contributed by atoms with Crippen LogP contribution in [0, 0.1) is 0 Å². The van der Waals surface area contributed by atoms with Crippen LogP contribution in [0.15, 0.2) is 24.3 Å². The zero-order valence-electron chi connectivity index (χ0n) is 15.0. The van der Waals surface area contributed by atoms with E-state index in [4.69, 9.17) is 4.74 Å². The van der Waals surface area contributed by atoms with Crippen LogP contribution in [-0.2, 0) is 14.8 Å². The van der Waals surface area contributed by atoms with Crippen LogP contribution < -0.4 is 0 Å². The Balaban J connectivity index is 1.58. The maximum Gasteiger partial charge on any atom is 0.409 e. The Kier molecular flexibility index (Phi) is 5.47. The number of piperazine rings is 1. The Morgan fingerprint density at radius 2 is 1.59 bits per heavy atom. The van der Waals surface area contributed by atoms with Crippen LogP contribution in [0.3, 0.4) is 0 Å². The maximum absolute atomic E-state index is 12.6. The van der Waals surface area contributed by atoms with Crippen molar-refractivity contribution in [2.45, 2.75) is 6.92 Å². The molecule has 2 aliphatic heterocycles. The molecule has 0 unspecified atom stereocenters. The fraction of sp³-hybridized carbons (Fsp3) is 0.471. The smallest absolute Gasteiger partial charge is 0.409 e. The number of imide groups is 1. The Labute approximate surface area is 157 Å². The van der Waals surface area contributed by atoms with Crippen molar-refractivity contribution in [2.24, 2.45) is 0 Å². The lowest BCUT2D eigenvalue weighted by Gasteiger charge is -2.33. The van der Waals surface area contributed by atoms with Crippen molar-refractivity contribution in [2.75, 3.05) is 45.1 Å². The van der Waals surface area contributed by atoms with Crippen molar-refractivity contribution in [3.05, 3.63) is 35.4 Å². The van der Waals surface area contributed by atoms with E-state index in [0.29, 0.717) is 11.1 Å². The van der Waals surface area contributed by atoms with E-state index in [-0.39, 0.29) is 45.1 Å². The van der Waals surface area contributed by atoms with E-state index in [9.17, 15) is 22.8 Å². The lowest BCUT2D eigenvalue weighted by atomic mass is 10.1. The Hall–Kier alpha value is -2.46. The standard InChI is InChI=1S/C17H21N3O6S/c1-2-26-17(23)18-7-9-19(10-8-18)27(24,25)12-11-20-15(21)13-5-3-4-6-14(13)16(20)22/h3-6H,2,7-12H2,1H3. The van der Waals surface area contributed by atoms with E-state index < -0.39 is 27.9 Å². The number of carbonyl (C=O) groups excluding carboxylic acids is 3. The van der Waals surface area contributed by atoms with E-state index in [0.717, 1.165) is 4.90 Å². The minimum absolute atomic E-state index is 0.156. The SMILES string of the molecule is CCOC(=O)N1CCN(S(=O)(=O)CCN2C(=O)c3ccccc3C2=O)CC1. The number of rotatable bonds is 5. The lowest BCUT2D eigenvalue weighted by molar-refractivity contribution is 0.0662. The van der Waals surface area contributed by atoms with Crippen molar-refractivity contribution in [1.82, 2.24) is 14.1 Å². The number of ether oxygens (including phenoxy) is 1. The molecule has 2 aliphatic rings. The van der Waals surface area contributed by atoms with Crippen molar-refractivity contribution in [1.29, 1.82) is 0 Å². The summed E-state index contributed by atoms with van der Waals surface area (Å²) in [7, 11) is -3.66. The van der Waals surface area contributed by atoms with Gasteiger partial charge in [-0.1, -0.05) is 12.1 Å². The molecule has 0 aromatic heterocycles. The predicted molar refractivity (Wildman–Crippen MR) is 95.8 cm³/mol. The van der Waals surface area contributed by atoms with E-state index in [1.807, 2.05) is 0 Å². The zero-order chi connectivity index (χ0) is 19.6. The molecule has 0 spiro atoms. The van der Waals surface area contributed by atoms with E-state index in [1.165, 1.54) is 9.21 Å². The molecule has 1 aromatic rings. The van der Waals surface area contributed by atoms with Crippen LogP contribution in [0.2, 0.25) is 0 Å². The fourth-order valence-electron chi connectivity index (χ4n) is 3.14. The fourth-order valence-corrected chi connectivity index (χ4v) is 4.53. The summed E-state index contributed by atoms with van der Waals surface area (Å²) in [5.74, 6) is -1.30. The molecule has 0 saturated carbocycles. The average Bonchev–Trinajstić information content (AvgIpc) is 2.91. The minimum atomic E-state index is -3.66. The molecular formula is C17H21N3O6S. The van der Waals surface area contributed by atoms with E-state index in [1.54, 1.807) is 31.2 Å². The summed E-state index contributed by atoms with van der Waals surface area (Å²) >= 11 is 0. The molecule has 1 fully saturated rings. The molecule has 146 valence electrons. The van der Waals surface area contributed by atoms with E-state index in [2.05, 4.69) is 0 Å². The Morgan fingerprint density at radius 1 is 1.04 bits per heavy atom. The molecule has 0 aliphatic carbocycles. The number of hydrogen-bond acceptors (Lipinski definition) is 6. The highest BCUT2D eigenvalue weighted by Gasteiger charge is 2.37. The molecule has 0 atom stereocenters. The molecule has 0 bridgehead atoms. The van der Waals surface area contributed by atoms with Crippen LogP contribution in [0.5, 0.6) is 0 Å². The van der Waals surface area contributed by atoms with Gasteiger partial charge in [-0.25, -0.2) is 13.2 Å². The summed E-state index contributed by atoms with van der Waals surface area (Å²) in [4.78, 5) is 38.8. The molecule has 0 radical (unpaired) electrons. The molecule has 9 nitrogen and oxygen atoms in total. The zero-order valence-corrected chi connectivity index (χ0v) is 15.8. The molecule has 27 heavy (non-hydrogen) atoms. The number of nitrogens with zero attached hydrogens (tertiary/aromatic N) is 3. The summed E-state index contributed by atoms with van der Waals surface area (Å²) in [5, 5.41) is 0. The Bertz CT molecular complexity index is 826. The van der Waals surface area contributed by atoms with Gasteiger partial charge in [-0.2, -0.15) is 4.31 Å². The van der Waals surface area contributed by atoms with Crippen molar-refractivity contribution >= 4 is 27.9 Å². The van der Waals surface area contributed by atoms with Gasteiger partial charge < -0.3 is 9.64 Å². The van der Waals surface area contributed by atoms with Crippen molar-refractivity contribution < 1.29 is 27.5 Å². The third-order valence-corrected chi connectivity index (χ3v) is 6.46. The molecule has 3 rings (SSSR count). The topological polar surface area (TPSA) is 104 Å². The van der Waals surface area contributed by atoms with Crippen molar-refractivity contribution in [3.8, 4) is 0 Å². The second kappa shape index (κ2) is 7.65. The molecule has 1 saturated heterocycles. The first-order chi connectivity index (χ1) is 12.8. The first-order valence-corrected chi connectivity index (χ1v) is 10.3. The summed E-state index contributed by atoms with van der Waals surface area (Å²) < 4.78 is 31.3. The van der Waals surface area contributed by atoms with Crippen molar-refractivity contribution in [3.63, 3.8) is 0 Å². The summed E-state index contributed by atoms with van der Waals surface area (Å²) in [5.41, 5.74) is 0.589. The molecule has 1 aromatic carbocycles. The summed E-state index contributed by atoms with van der Waals surface area (Å²) in [6, 6.07) is 6.43. The number of fused-ring (bicyclic) bond motifs is 1. The van der Waals surface area contributed by atoms with Gasteiger partial charge in [0.15, 0.2) is 0 Å². The van der Waals surface area contributed by atoms with Gasteiger partial charge in [-0.3, -0.25) is 14.5 Å². The van der Waals surface area contributed by atoms with Crippen LogP contribution in [0.4, 0.5) is 4.79 Å². The summed E-state index contributed by atoms with van der Waals surface area (Å²) in [6.07, 6.45) is -0.458. The van der Waals surface area contributed by atoms with Crippen LogP contribution >= 0.6 is 0 Å². The van der Waals surface area contributed by atoms with Gasteiger partial charge in [0.25, 0.3) is 11.8 Å². The van der Waals surface area contributed by atoms with Gasteiger partial charge in [0.2, 0.25) is 10.0 Å². The third-order valence-electron chi connectivity index (χ3n) is 4.61. The second-order valence-corrected chi connectivity index (χ2v) is 8.30. The second-order valence-electron chi connectivity index (χ2n) is 6.21. The first kappa shape index (κ1) is 19.3. The highest BCUT2D eigenvalue weighted by Crippen LogP contribution is 2.22. The monoisotopic (exact) mass is 395 g/mol. The average molecular weight is 395 g/mol. The molecular weight excluding hydrogens is 374 g/mol. The largest absolute Gasteiger partial charge is 0.450 e. The third kappa shape index (κ3) is 3.81. The highest BCUT2D eigenvalue weighted by atomic mass is 32.2. The lowest BCUT2D eigenvalue weighted by Crippen LogP contribution is -2.52. The van der Waals surface area contributed by atoms with Crippen LogP contribution in [0.25, 0.3) is 0 Å². The number of amides is 3. The van der Waals surface area contributed by atoms with Gasteiger partial charge >= 0.3 is 6.09 Å². The molecule has 10 heteroatoms. The summed E-state index contributed by atoms with van der Waals surface area (Å²) in [6.45, 7) is 2.56. The Morgan fingerprint density at radius 3 is 2.11 bits per heavy atom. The number of benzene rings is 1. The number of carbonyl (C=O) groups is 3. The highest BCUT2D eigenvalue weighted by molar-refractivity contribution is 7.89. The minimum Gasteiger partial charge on any atom is -0.450 e.